The number of aryl methyl sites for hydroxylation is 2. The second-order valence-electron chi connectivity index (χ2n) is 4.43. The van der Waals surface area contributed by atoms with Gasteiger partial charge in [-0.25, -0.2) is 9.48 Å². The van der Waals surface area contributed by atoms with E-state index in [1.807, 2.05) is 0 Å². The highest BCUT2D eigenvalue weighted by Crippen LogP contribution is 2.37. The predicted molar refractivity (Wildman–Crippen MR) is 65.0 cm³/mol. The first-order valence-electron chi connectivity index (χ1n) is 5.74. The van der Waals surface area contributed by atoms with Gasteiger partial charge in [-0.15, -0.1) is 0 Å². The van der Waals surface area contributed by atoms with Crippen LogP contribution in [0.2, 0.25) is 0 Å². The molecule has 2 N–H and O–H groups in total. The number of hydrogen-bond donors (Lipinski definition) is 2. The zero-order chi connectivity index (χ0) is 16.6. The molecule has 0 fully saturated rings. The van der Waals surface area contributed by atoms with Crippen LogP contribution >= 0.6 is 0 Å². The van der Waals surface area contributed by atoms with Gasteiger partial charge < -0.3 is 10.4 Å². The van der Waals surface area contributed by atoms with Gasteiger partial charge in [-0.05, 0) is 13.3 Å². The van der Waals surface area contributed by atoms with Crippen molar-refractivity contribution in [2.75, 3.05) is 5.32 Å². The molecule has 21 heavy (non-hydrogen) atoms. The Kier molecular flexibility index (Phi) is 4.16. The summed E-state index contributed by atoms with van der Waals surface area (Å²) in [6, 6.07) is 0. The number of alkyl halides is 3. The zero-order valence-corrected chi connectivity index (χ0v) is 11.4. The fourth-order valence-corrected chi connectivity index (χ4v) is 1.62. The highest BCUT2D eigenvalue weighted by atomic mass is 19.4. The van der Waals surface area contributed by atoms with Gasteiger partial charge in [0.2, 0.25) is 11.4 Å². The van der Waals surface area contributed by atoms with Gasteiger partial charge in [0.1, 0.15) is 5.69 Å². The van der Waals surface area contributed by atoms with Crippen molar-refractivity contribution in [2.24, 2.45) is 7.05 Å². The van der Waals surface area contributed by atoms with Crippen molar-refractivity contribution in [1.82, 2.24) is 9.78 Å². The van der Waals surface area contributed by atoms with Crippen LogP contribution in [0.5, 0.6) is 0 Å². The third-order valence-electron chi connectivity index (χ3n) is 2.97. The third-order valence-corrected chi connectivity index (χ3v) is 2.97. The SMILES string of the molecule is CCc1nn(C)c(NC(C)(C(=O)O)C(F)(F)F)c1[N+](=O)[O-]. The summed E-state index contributed by atoms with van der Waals surface area (Å²) in [5.41, 5.74) is -4.09. The van der Waals surface area contributed by atoms with E-state index in [1.54, 1.807) is 12.2 Å². The van der Waals surface area contributed by atoms with Crippen LogP contribution in [0.25, 0.3) is 0 Å². The highest BCUT2D eigenvalue weighted by Gasteiger charge is 2.58. The second-order valence-corrected chi connectivity index (χ2v) is 4.43. The minimum Gasteiger partial charge on any atom is -0.479 e. The molecule has 0 amide bonds. The number of rotatable bonds is 5. The maximum atomic E-state index is 13.0. The normalized spacial score (nSPS) is 14.6. The lowest BCUT2D eigenvalue weighted by Crippen LogP contribution is -2.56. The first-order valence-corrected chi connectivity index (χ1v) is 5.74. The monoisotopic (exact) mass is 310 g/mol. The topological polar surface area (TPSA) is 110 Å². The maximum absolute atomic E-state index is 13.0. The lowest BCUT2D eigenvalue weighted by molar-refractivity contribution is -0.384. The summed E-state index contributed by atoms with van der Waals surface area (Å²) in [5.74, 6) is -2.82. The van der Waals surface area contributed by atoms with Crippen molar-refractivity contribution in [3.63, 3.8) is 0 Å². The standard InChI is InChI=1S/C10H13F3N4O4/c1-4-5-6(17(20)21)7(16(3)15-5)14-9(2,8(18)19)10(11,12)13/h14H,4H2,1-3H3,(H,18,19). The number of carboxylic acid groups (broad SMARTS) is 1. The van der Waals surface area contributed by atoms with E-state index in [9.17, 15) is 28.1 Å². The van der Waals surface area contributed by atoms with Crippen molar-refractivity contribution in [1.29, 1.82) is 0 Å². The molecule has 0 saturated heterocycles. The zero-order valence-electron chi connectivity index (χ0n) is 11.4. The van der Waals surface area contributed by atoms with Crippen LogP contribution < -0.4 is 5.32 Å². The average molecular weight is 310 g/mol. The Balaban J connectivity index is 3.45. The predicted octanol–water partition coefficient (Wildman–Crippen LogP) is 1.71. The molecule has 0 aromatic carbocycles. The lowest BCUT2D eigenvalue weighted by atomic mass is 10.0. The molecule has 1 heterocycles. The summed E-state index contributed by atoms with van der Waals surface area (Å²) in [6.45, 7) is 1.93. The van der Waals surface area contributed by atoms with Crippen molar-refractivity contribution < 1.29 is 28.0 Å². The van der Waals surface area contributed by atoms with E-state index in [2.05, 4.69) is 5.10 Å². The molecule has 0 aliphatic carbocycles. The van der Waals surface area contributed by atoms with Crippen LogP contribution in [-0.4, -0.2) is 37.5 Å². The molecule has 0 aliphatic rings. The van der Waals surface area contributed by atoms with Gasteiger partial charge in [0.25, 0.3) is 0 Å². The van der Waals surface area contributed by atoms with Gasteiger partial charge in [-0.3, -0.25) is 10.1 Å². The van der Waals surface area contributed by atoms with Crippen LogP contribution in [-0.2, 0) is 18.3 Å². The minimum absolute atomic E-state index is 0.0417. The molecule has 0 saturated carbocycles. The van der Waals surface area contributed by atoms with Crippen LogP contribution in [0.3, 0.4) is 0 Å². The summed E-state index contributed by atoms with van der Waals surface area (Å²) < 4.78 is 39.7. The molecule has 0 spiro atoms. The smallest absolute Gasteiger partial charge is 0.422 e. The van der Waals surface area contributed by atoms with Crippen LogP contribution in [0.1, 0.15) is 19.5 Å². The molecule has 1 unspecified atom stereocenters. The average Bonchev–Trinajstić information content (AvgIpc) is 2.64. The summed E-state index contributed by atoms with van der Waals surface area (Å²) in [4.78, 5) is 21.1. The van der Waals surface area contributed by atoms with Gasteiger partial charge in [0, 0.05) is 7.05 Å². The maximum Gasteiger partial charge on any atom is 0.422 e. The second kappa shape index (κ2) is 5.22. The molecule has 1 atom stereocenters. The summed E-state index contributed by atoms with van der Waals surface area (Å²) in [5, 5.41) is 25.3. The quantitative estimate of drug-likeness (QED) is 0.632. The Hall–Kier alpha value is -2.33. The summed E-state index contributed by atoms with van der Waals surface area (Å²) >= 11 is 0. The van der Waals surface area contributed by atoms with Crippen LogP contribution in [0, 0.1) is 10.1 Å². The number of aromatic nitrogens is 2. The van der Waals surface area contributed by atoms with Crippen molar-refractivity contribution in [3.05, 3.63) is 15.8 Å². The van der Waals surface area contributed by atoms with Gasteiger partial charge >= 0.3 is 17.8 Å². The minimum atomic E-state index is -5.16. The van der Waals surface area contributed by atoms with Gasteiger partial charge in [0.15, 0.2) is 0 Å². The van der Waals surface area contributed by atoms with Crippen molar-refractivity contribution in [3.8, 4) is 0 Å². The number of carbonyl (C=O) groups is 1. The number of aliphatic carboxylic acids is 1. The van der Waals surface area contributed by atoms with Crippen molar-refractivity contribution in [2.45, 2.75) is 32.0 Å². The summed E-state index contributed by atoms with van der Waals surface area (Å²) in [7, 11) is 1.19. The van der Waals surface area contributed by atoms with E-state index in [1.165, 1.54) is 7.05 Å². The van der Waals surface area contributed by atoms with Gasteiger partial charge in [-0.1, -0.05) is 6.92 Å². The van der Waals surface area contributed by atoms with Gasteiger partial charge in [0.05, 0.1) is 4.92 Å². The number of nitro groups is 1. The first kappa shape index (κ1) is 16.7. The number of hydrogen-bond acceptors (Lipinski definition) is 5. The molecule has 118 valence electrons. The van der Waals surface area contributed by atoms with Crippen molar-refractivity contribution >= 4 is 17.5 Å². The number of nitrogens with one attached hydrogen (secondary N) is 1. The Labute approximate surface area is 116 Å². The van der Waals surface area contributed by atoms with Gasteiger partial charge in [-0.2, -0.15) is 18.3 Å². The molecule has 0 bridgehead atoms. The fourth-order valence-electron chi connectivity index (χ4n) is 1.62. The number of carboxylic acids is 1. The van der Waals surface area contributed by atoms with Crippen LogP contribution in [0.4, 0.5) is 24.7 Å². The van der Waals surface area contributed by atoms with Crippen LogP contribution in [0.15, 0.2) is 0 Å². The first-order chi connectivity index (χ1) is 9.45. The molecule has 0 aliphatic heterocycles. The molecule has 0 radical (unpaired) electrons. The van der Waals surface area contributed by atoms with E-state index >= 15 is 0 Å². The Bertz CT molecular complexity index is 584. The van der Waals surface area contributed by atoms with E-state index in [4.69, 9.17) is 5.11 Å². The lowest BCUT2D eigenvalue weighted by Gasteiger charge is -2.28. The Morgan fingerprint density at radius 1 is 1.52 bits per heavy atom. The third kappa shape index (κ3) is 2.76. The summed E-state index contributed by atoms with van der Waals surface area (Å²) in [6.07, 6.45) is -5.05. The highest BCUT2D eigenvalue weighted by molar-refractivity contribution is 5.84. The van der Waals surface area contributed by atoms with E-state index in [0.717, 1.165) is 4.68 Å². The largest absolute Gasteiger partial charge is 0.479 e. The Morgan fingerprint density at radius 3 is 2.38 bits per heavy atom. The molecular weight excluding hydrogens is 297 g/mol. The molecular formula is C10H13F3N4O4. The van der Waals surface area contributed by atoms with E-state index in [0.29, 0.717) is 6.92 Å². The fraction of sp³-hybridized carbons (Fsp3) is 0.600. The Morgan fingerprint density at radius 2 is 2.05 bits per heavy atom. The molecule has 1 aromatic rings. The van der Waals surface area contributed by atoms with E-state index in [-0.39, 0.29) is 12.1 Å². The number of anilines is 1. The molecule has 1 aromatic heterocycles. The number of halogens is 3. The molecule has 11 heteroatoms. The number of nitrogens with zero attached hydrogens (tertiary/aromatic N) is 3. The van der Waals surface area contributed by atoms with E-state index < -0.39 is 34.1 Å². The molecule has 1 rings (SSSR count). The molecule has 8 nitrogen and oxygen atoms in total.